The van der Waals surface area contributed by atoms with Crippen molar-refractivity contribution in [1.29, 1.82) is 0 Å². The van der Waals surface area contributed by atoms with E-state index in [4.69, 9.17) is 12.2 Å². The lowest BCUT2D eigenvalue weighted by Gasteiger charge is -2.32. The van der Waals surface area contributed by atoms with E-state index in [1.54, 1.807) is 0 Å². The standard InChI is InChI=1S/C11H22N2S/c1-11(2,3)13(4)6-5-9-7-10(14)8-12-9/h9,12H,5-8H2,1-4H3. The van der Waals surface area contributed by atoms with Crippen LogP contribution in [0.5, 0.6) is 0 Å². The molecule has 82 valence electrons. The molecule has 0 spiro atoms. The summed E-state index contributed by atoms with van der Waals surface area (Å²) in [5, 5.41) is 3.45. The molecule has 0 aromatic rings. The van der Waals surface area contributed by atoms with Crippen molar-refractivity contribution in [3.8, 4) is 0 Å². The van der Waals surface area contributed by atoms with Crippen LogP contribution < -0.4 is 5.32 Å². The zero-order valence-corrected chi connectivity index (χ0v) is 10.6. The van der Waals surface area contributed by atoms with Crippen LogP contribution in [0, 0.1) is 0 Å². The zero-order chi connectivity index (χ0) is 10.8. The number of nitrogens with zero attached hydrogens (tertiary/aromatic N) is 1. The second kappa shape index (κ2) is 4.69. The molecule has 0 aromatic heterocycles. The molecule has 0 amide bonds. The summed E-state index contributed by atoms with van der Waals surface area (Å²) in [6, 6.07) is 0.618. The molecule has 1 heterocycles. The average molecular weight is 214 g/mol. The molecule has 14 heavy (non-hydrogen) atoms. The van der Waals surface area contributed by atoms with Gasteiger partial charge in [-0.05, 0) is 47.2 Å². The highest BCUT2D eigenvalue weighted by Gasteiger charge is 2.21. The van der Waals surface area contributed by atoms with Crippen LogP contribution >= 0.6 is 12.2 Å². The summed E-state index contributed by atoms with van der Waals surface area (Å²) in [5.41, 5.74) is 0.277. The van der Waals surface area contributed by atoms with Crippen LogP contribution in [-0.2, 0) is 0 Å². The number of hydrogen-bond donors (Lipinski definition) is 1. The van der Waals surface area contributed by atoms with E-state index in [0.717, 1.165) is 19.5 Å². The van der Waals surface area contributed by atoms with Crippen molar-refractivity contribution in [2.24, 2.45) is 0 Å². The second-order valence-electron chi connectivity index (χ2n) is 5.20. The summed E-state index contributed by atoms with van der Waals surface area (Å²) in [6.45, 7) is 8.84. The molecular formula is C11H22N2S. The van der Waals surface area contributed by atoms with Gasteiger partial charge in [0.05, 0.1) is 0 Å². The number of rotatable bonds is 3. The average Bonchev–Trinajstić information content (AvgIpc) is 2.45. The molecule has 1 aliphatic heterocycles. The molecule has 0 aliphatic carbocycles. The van der Waals surface area contributed by atoms with Gasteiger partial charge in [0.15, 0.2) is 0 Å². The molecule has 1 fully saturated rings. The van der Waals surface area contributed by atoms with Gasteiger partial charge in [0, 0.05) is 23.0 Å². The fourth-order valence-corrected chi connectivity index (χ4v) is 1.85. The third kappa shape index (κ3) is 3.64. The largest absolute Gasteiger partial charge is 0.309 e. The lowest BCUT2D eigenvalue weighted by atomic mass is 10.1. The van der Waals surface area contributed by atoms with Gasteiger partial charge in [-0.25, -0.2) is 0 Å². The summed E-state index contributed by atoms with van der Waals surface area (Å²) in [6.07, 6.45) is 2.29. The van der Waals surface area contributed by atoms with Gasteiger partial charge in [-0.1, -0.05) is 12.2 Å². The molecule has 1 atom stereocenters. The third-order valence-corrected chi connectivity index (χ3v) is 3.33. The first-order valence-corrected chi connectivity index (χ1v) is 5.77. The van der Waals surface area contributed by atoms with Gasteiger partial charge in [-0.3, -0.25) is 0 Å². The van der Waals surface area contributed by atoms with Gasteiger partial charge in [-0.2, -0.15) is 0 Å². The van der Waals surface area contributed by atoms with Crippen LogP contribution in [0.2, 0.25) is 0 Å². The smallest absolute Gasteiger partial charge is 0.0272 e. The van der Waals surface area contributed by atoms with E-state index in [1.807, 2.05) is 0 Å². The Morgan fingerprint density at radius 1 is 1.50 bits per heavy atom. The molecule has 1 unspecified atom stereocenters. The molecule has 0 aromatic carbocycles. The molecule has 2 nitrogen and oxygen atoms in total. The van der Waals surface area contributed by atoms with Crippen LogP contribution in [0.1, 0.15) is 33.6 Å². The molecule has 1 N–H and O–H groups in total. The van der Waals surface area contributed by atoms with Crippen molar-refractivity contribution < 1.29 is 0 Å². The lowest BCUT2D eigenvalue weighted by Crippen LogP contribution is -2.40. The zero-order valence-electron chi connectivity index (χ0n) is 9.76. The predicted molar refractivity (Wildman–Crippen MR) is 66.0 cm³/mol. The van der Waals surface area contributed by atoms with Crippen molar-refractivity contribution in [2.75, 3.05) is 20.1 Å². The van der Waals surface area contributed by atoms with Gasteiger partial charge in [0.1, 0.15) is 0 Å². The fraction of sp³-hybridized carbons (Fsp3) is 0.909. The number of hydrogen-bond acceptors (Lipinski definition) is 3. The Kier molecular flexibility index (Phi) is 4.04. The van der Waals surface area contributed by atoms with Crippen molar-refractivity contribution in [3.05, 3.63) is 0 Å². The Morgan fingerprint density at radius 2 is 2.14 bits per heavy atom. The molecule has 1 saturated heterocycles. The van der Waals surface area contributed by atoms with E-state index in [1.165, 1.54) is 11.3 Å². The summed E-state index contributed by atoms with van der Waals surface area (Å²) >= 11 is 5.17. The monoisotopic (exact) mass is 214 g/mol. The summed E-state index contributed by atoms with van der Waals surface area (Å²) < 4.78 is 0. The van der Waals surface area contributed by atoms with Gasteiger partial charge in [0.2, 0.25) is 0 Å². The van der Waals surface area contributed by atoms with Crippen molar-refractivity contribution >= 4 is 17.1 Å². The van der Waals surface area contributed by atoms with Crippen molar-refractivity contribution in [3.63, 3.8) is 0 Å². The molecule has 1 aliphatic rings. The highest BCUT2D eigenvalue weighted by Crippen LogP contribution is 2.13. The lowest BCUT2D eigenvalue weighted by molar-refractivity contribution is 0.169. The second-order valence-corrected chi connectivity index (χ2v) is 5.78. The van der Waals surface area contributed by atoms with Crippen molar-refractivity contribution in [1.82, 2.24) is 10.2 Å². The van der Waals surface area contributed by atoms with E-state index >= 15 is 0 Å². The van der Waals surface area contributed by atoms with Gasteiger partial charge < -0.3 is 10.2 Å². The Bertz CT molecular complexity index is 208. The quantitative estimate of drug-likeness (QED) is 0.722. The number of thiocarbonyl (C=S) groups is 1. The maximum atomic E-state index is 5.17. The minimum atomic E-state index is 0.277. The first-order chi connectivity index (χ1) is 6.39. The summed E-state index contributed by atoms with van der Waals surface area (Å²) in [4.78, 5) is 3.59. The SMILES string of the molecule is CN(CCC1CC(=S)CN1)C(C)(C)C. The maximum Gasteiger partial charge on any atom is 0.0272 e. The maximum absolute atomic E-state index is 5.17. The normalized spacial score (nSPS) is 23.5. The minimum absolute atomic E-state index is 0.277. The Balaban J connectivity index is 2.24. The predicted octanol–water partition coefficient (Wildman–Crippen LogP) is 1.84. The van der Waals surface area contributed by atoms with E-state index in [0.29, 0.717) is 6.04 Å². The van der Waals surface area contributed by atoms with E-state index in [2.05, 4.69) is 38.0 Å². The van der Waals surface area contributed by atoms with Crippen LogP contribution in [0.4, 0.5) is 0 Å². The summed E-state index contributed by atoms with van der Waals surface area (Å²) in [5.74, 6) is 0. The molecule has 3 heteroatoms. The Morgan fingerprint density at radius 3 is 2.57 bits per heavy atom. The molecule has 1 rings (SSSR count). The topological polar surface area (TPSA) is 15.3 Å². The minimum Gasteiger partial charge on any atom is -0.309 e. The Labute approximate surface area is 93.1 Å². The Hall–Kier alpha value is 0.01000. The molecule has 0 saturated carbocycles. The first-order valence-electron chi connectivity index (χ1n) is 5.36. The fourth-order valence-electron chi connectivity index (χ4n) is 1.57. The van der Waals surface area contributed by atoms with E-state index < -0.39 is 0 Å². The molecule has 0 bridgehead atoms. The van der Waals surface area contributed by atoms with Crippen LogP contribution in [0.3, 0.4) is 0 Å². The first kappa shape index (κ1) is 12.1. The highest BCUT2D eigenvalue weighted by molar-refractivity contribution is 7.80. The van der Waals surface area contributed by atoms with Gasteiger partial charge in [0.25, 0.3) is 0 Å². The van der Waals surface area contributed by atoms with Gasteiger partial charge in [-0.15, -0.1) is 0 Å². The van der Waals surface area contributed by atoms with Crippen LogP contribution in [0.25, 0.3) is 0 Å². The summed E-state index contributed by atoms with van der Waals surface area (Å²) in [7, 11) is 2.19. The number of nitrogens with one attached hydrogen (secondary N) is 1. The van der Waals surface area contributed by atoms with Gasteiger partial charge >= 0.3 is 0 Å². The molecular weight excluding hydrogens is 192 g/mol. The molecule has 0 radical (unpaired) electrons. The van der Waals surface area contributed by atoms with E-state index in [9.17, 15) is 0 Å². The van der Waals surface area contributed by atoms with E-state index in [-0.39, 0.29) is 5.54 Å². The third-order valence-electron chi connectivity index (χ3n) is 3.02. The van der Waals surface area contributed by atoms with Crippen LogP contribution in [-0.4, -0.2) is 41.5 Å². The van der Waals surface area contributed by atoms with Crippen LogP contribution in [0.15, 0.2) is 0 Å². The highest BCUT2D eigenvalue weighted by atomic mass is 32.1. The van der Waals surface area contributed by atoms with Crippen molar-refractivity contribution in [2.45, 2.75) is 45.2 Å².